The molecule has 2 aromatic carbocycles. The first-order chi connectivity index (χ1) is 16.2. The van der Waals surface area contributed by atoms with Crippen molar-refractivity contribution in [1.82, 2.24) is 9.80 Å². The van der Waals surface area contributed by atoms with Gasteiger partial charge in [0, 0.05) is 51.7 Å². The molecule has 0 unspecified atom stereocenters. The Hall–Kier alpha value is -2.57. The van der Waals surface area contributed by atoms with Gasteiger partial charge in [0.05, 0.1) is 19.9 Å². The molecule has 178 valence electrons. The first kappa shape index (κ1) is 23.6. The maximum atomic E-state index is 11.9. The van der Waals surface area contributed by atoms with Crippen molar-refractivity contribution in [2.24, 2.45) is 5.92 Å². The van der Waals surface area contributed by atoms with E-state index in [0.717, 1.165) is 64.4 Å². The molecular formula is C27H37N3O3. The van der Waals surface area contributed by atoms with Gasteiger partial charge < -0.3 is 14.4 Å². The average Bonchev–Trinajstić information content (AvgIpc) is 2.88. The summed E-state index contributed by atoms with van der Waals surface area (Å²) >= 11 is 0. The Morgan fingerprint density at radius 1 is 0.939 bits per heavy atom. The lowest BCUT2D eigenvalue weighted by molar-refractivity contribution is -0.141. The summed E-state index contributed by atoms with van der Waals surface area (Å²) in [7, 11) is 3.23. The zero-order valence-corrected chi connectivity index (χ0v) is 20.0. The summed E-state index contributed by atoms with van der Waals surface area (Å²) < 4.78 is 10.5. The summed E-state index contributed by atoms with van der Waals surface area (Å²) in [6.45, 7) is 7.17. The number of rotatable bonds is 8. The van der Waals surface area contributed by atoms with E-state index in [1.54, 1.807) is 7.11 Å². The third-order valence-corrected chi connectivity index (χ3v) is 7.18. The molecule has 0 N–H and O–H groups in total. The quantitative estimate of drug-likeness (QED) is 0.571. The number of ether oxygens (including phenoxy) is 2. The van der Waals surface area contributed by atoms with Crippen LogP contribution in [0.25, 0.3) is 0 Å². The number of piperidine rings is 1. The van der Waals surface area contributed by atoms with Crippen LogP contribution in [0.4, 0.5) is 5.69 Å². The summed E-state index contributed by atoms with van der Waals surface area (Å²) in [5.41, 5.74) is 2.53. The normalized spacial score (nSPS) is 22.2. The zero-order valence-electron chi connectivity index (χ0n) is 20.0. The van der Waals surface area contributed by atoms with E-state index in [4.69, 9.17) is 9.47 Å². The second-order valence-corrected chi connectivity index (χ2v) is 9.15. The van der Waals surface area contributed by atoms with E-state index in [9.17, 15) is 4.79 Å². The molecule has 2 fully saturated rings. The Balaban J connectivity index is 1.39. The molecule has 6 heteroatoms. The first-order valence-corrected chi connectivity index (χ1v) is 12.1. The first-order valence-electron chi connectivity index (χ1n) is 12.1. The number of anilines is 1. The van der Waals surface area contributed by atoms with Gasteiger partial charge in [0.25, 0.3) is 0 Å². The van der Waals surface area contributed by atoms with Gasteiger partial charge in [-0.25, -0.2) is 0 Å². The van der Waals surface area contributed by atoms with Crippen molar-refractivity contribution in [3.63, 3.8) is 0 Å². The third-order valence-electron chi connectivity index (χ3n) is 7.18. The van der Waals surface area contributed by atoms with Crippen molar-refractivity contribution in [1.29, 1.82) is 0 Å². The molecule has 2 atom stereocenters. The predicted octanol–water partition coefficient (Wildman–Crippen LogP) is 3.66. The molecule has 33 heavy (non-hydrogen) atoms. The second-order valence-electron chi connectivity index (χ2n) is 9.15. The van der Waals surface area contributed by atoms with Crippen molar-refractivity contribution in [2.45, 2.75) is 31.8 Å². The third kappa shape index (κ3) is 6.06. The molecule has 0 amide bonds. The number of carbonyl (C=O) groups is 1. The van der Waals surface area contributed by atoms with Crippen molar-refractivity contribution in [3.8, 4) is 5.75 Å². The van der Waals surface area contributed by atoms with Gasteiger partial charge in [-0.15, -0.1) is 0 Å². The van der Waals surface area contributed by atoms with Crippen LogP contribution < -0.4 is 9.64 Å². The largest absolute Gasteiger partial charge is 0.495 e. The van der Waals surface area contributed by atoms with E-state index in [-0.39, 0.29) is 5.97 Å². The maximum Gasteiger partial charge on any atom is 0.305 e. The topological polar surface area (TPSA) is 45.2 Å². The van der Waals surface area contributed by atoms with Crippen molar-refractivity contribution < 1.29 is 14.3 Å². The van der Waals surface area contributed by atoms with Crippen LogP contribution in [0.15, 0.2) is 54.6 Å². The minimum atomic E-state index is -0.102. The molecule has 0 aromatic heterocycles. The Morgan fingerprint density at radius 2 is 1.67 bits per heavy atom. The monoisotopic (exact) mass is 451 g/mol. The number of methoxy groups -OCH3 is 2. The van der Waals surface area contributed by atoms with Gasteiger partial charge in [-0.2, -0.15) is 0 Å². The second kappa shape index (κ2) is 11.5. The Labute approximate surface area is 198 Å². The van der Waals surface area contributed by atoms with E-state index in [2.05, 4.69) is 57.2 Å². The highest BCUT2D eigenvalue weighted by Crippen LogP contribution is 2.31. The lowest BCUT2D eigenvalue weighted by Gasteiger charge is -2.47. The smallest absolute Gasteiger partial charge is 0.305 e. The number of likely N-dealkylation sites (tertiary alicyclic amines) is 1. The van der Waals surface area contributed by atoms with Crippen LogP contribution in [-0.4, -0.2) is 75.3 Å². The fourth-order valence-corrected chi connectivity index (χ4v) is 5.44. The molecule has 0 radical (unpaired) electrons. The number of nitrogens with zero attached hydrogens (tertiary/aromatic N) is 3. The Kier molecular flexibility index (Phi) is 8.24. The van der Waals surface area contributed by atoms with Crippen LogP contribution in [0.5, 0.6) is 5.75 Å². The fourth-order valence-electron chi connectivity index (χ4n) is 5.44. The number of benzene rings is 2. The van der Waals surface area contributed by atoms with Gasteiger partial charge in [-0.05, 0) is 43.0 Å². The number of carbonyl (C=O) groups excluding carboxylic acids is 1. The fraction of sp³-hybridized carbons (Fsp3) is 0.519. The highest BCUT2D eigenvalue weighted by atomic mass is 16.5. The maximum absolute atomic E-state index is 11.9. The molecule has 6 nitrogen and oxygen atoms in total. The van der Waals surface area contributed by atoms with Crippen molar-refractivity contribution in [2.75, 3.05) is 58.4 Å². The van der Waals surface area contributed by atoms with E-state index < -0.39 is 0 Å². The summed E-state index contributed by atoms with van der Waals surface area (Å²) in [6, 6.07) is 19.5. The molecule has 2 aromatic rings. The lowest BCUT2D eigenvalue weighted by atomic mass is 9.86. The molecule has 2 aliphatic heterocycles. The highest BCUT2D eigenvalue weighted by molar-refractivity contribution is 5.69. The van der Waals surface area contributed by atoms with Crippen LogP contribution in [0, 0.1) is 5.92 Å². The average molecular weight is 452 g/mol. The van der Waals surface area contributed by atoms with Crippen molar-refractivity contribution >= 4 is 11.7 Å². The number of piperazine rings is 1. The Bertz CT molecular complexity index is 883. The number of hydrogen-bond donors (Lipinski definition) is 0. The lowest BCUT2D eigenvalue weighted by Crippen LogP contribution is -2.56. The van der Waals surface area contributed by atoms with Gasteiger partial charge in [-0.3, -0.25) is 14.6 Å². The number of hydrogen-bond acceptors (Lipinski definition) is 6. The van der Waals surface area contributed by atoms with E-state index in [1.807, 2.05) is 12.1 Å². The molecular weight excluding hydrogens is 414 g/mol. The number of esters is 1. The van der Waals surface area contributed by atoms with Gasteiger partial charge >= 0.3 is 5.97 Å². The van der Waals surface area contributed by atoms with Gasteiger partial charge in [0.2, 0.25) is 0 Å². The molecule has 2 heterocycles. The van der Waals surface area contributed by atoms with Crippen LogP contribution in [-0.2, 0) is 16.1 Å². The predicted molar refractivity (Wildman–Crippen MR) is 132 cm³/mol. The summed E-state index contributed by atoms with van der Waals surface area (Å²) in [6.07, 6.45) is 2.53. The van der Waals surface area contributed by atoms with E-state index in [0.29, 0.717) is 18.4 Å². The molecule has 0 bridgehead atoms. The zero-order chi connectivity index (χ0) is 23.0. The molecule has 0 spiro atoms. The van der Waals surface area contributed by atoms with Crippen LogP contribution in [0.3, 0.4) is 0 Å². The van der Waals surface area contributed by atoms with E-state index >= 15 is 0 Å². The van der Waals surface area contributed by atoms with Crippen LogP contribution in [0.1, 0.15) is 24.8 Å². The molecule has 0 aliphatic carbocycles. The molecule has 0 saturated carbocycles. The van der Waals surface area contributed by atoms with Crippen LogP contribution >= 0.6 is 0 Å². The van der Waals surface area contributed by atoms with Crippen molar-refractivity contribution in [3.05, 3.63) is 60.2 Å². The molecule has 2 saturated heterocycles. The minimum Gasteiger partial charge on any atom is -0.495 e. The molecule has 4 rings (SSSR count). The van der Waals surface area contributed by atoms with Gasteiger partial charge in [0.1, 0.15) is 5.75 Å². The number of para-hydroxylation sites is 2. The SMILES string of the molecule is COC(=O)CC[C@H]1CN(Cc2ccccc2)CC[C@H]1N1CCN(c2ccccc2OC)CC1. The summed E-state index contributed by atoms with van der Waals surface area (Å²) in [4.78, 5) is 19.6. The minimum absolute atomic E-state index is 0.102. The van der Waals surface area contributed by atoms with Crippen LogP contribution in [0.2, 0.25) is 0 Å². The summed E-state index contributed by atoms with van der Waals surface area (Å²) in [5, 5.41) is 0. The van der Waals surface area contributed by atoms with E-state index in [1.165, 1.54) is 18.4 Å². The molecule has 2 aliphatic rings. The Morgan fingerprint density at radius 3 is 2.39 bits per heavy atom. The highest BCUT2D eigenvalue weighted by Gasteiger charge is 2.35. The summed E-state index contributed by atoms with van der Waals surface area (Å²) in [5.74, 6) is 1.31. The standard InChI is InChI=1S/C27H37N3O3/c1-32-26-11-7-6-10-25(26)30-18-16-29(17-19-30)24-14-15-28(20-22-8-4-3-5-9-22)21-23(24)12-13-27(31)33-2/h3-11,23-24H,12-21H2,1-2H3/t23-,24+/m0/s1. The van der Waals surface area contributed by atoms with Gasteiger partial charge in [-0.1, -0.05) is 42.5 Å². The van der Waals surface area contributed by atoms with Gasteiger partial charge in [0.15, 0.2) is 0 Å².